The predicted octanol–water partition coefficient (Wildman–Crippen LogP) is 3.07. The predicted molar refractivity (Wildman–Crippen MR) is 93.9 cm³/mol. The molecule has 0 aromatic heterocycles. The van der Waals surface area contributed by atoms with E-state index >= 15 is 0 Å². The summed E-state index contributed by atoms with van der Waals surface area (Å²) >= 11 is 0. The maximum Gasteiger partial charge on any atom is 0.231 e. The van der Waals surface area contributed by atoms with E-state index in [1.807, 2.05) is 0 Å². The first-order valence-corrected chi connectivity index (χ1v) is 7.84. The van der Waals surface area contributed by atoms with Gasteiger partial charge in [-0.3, -0.25) is 4.79 Å². The standard InChI is InChI=1S/C19H22FNO4/c1-23-10-9-21(16-7-8-17(24-2)18(13-16)25-3)19(22)12-14-5-4-6-15(20)11-14/h4-8,11,13H,9-10,12H2,1-3H3. The summed E-state index contributed by atoms with van der Waals surface area (Å²) in [5, 5.41) is 0. The molecule has 0 bridgehead atoms. The summed E-state index contributed by atoms with van der Waals surface area (Å²) < 4.78 is 29.0. The maximum atomic E-state index is 13.4. The summed E-state index contributed by atoms with van der Waals surface area (Å²) in [5.41, 5.74) is 1.28. The molecule has 0 spiro atoms. The van der Waals surface area contributed by atoms with E-state index in [1.165, 1.54) is 19.2 Å². The van der Waals surface area contributed by atoms with Crippen LogP contribution in [-0.4, -0.2) is 40.4 Å². The number of nitrogens with zero attached hydrogens (tertiary/aromatic N) is 1. The van der Waals surface area contributed by atoms with Crippen LogP contribution in [-0.2, 0) is 16.0 Å². The molecule has 0 atom stereocenters. The van der Waals surface area contributed by atoms with Gasteiger partial charge in [-0.2, -0.15) is 0 Å². The van der Waals surface area contributed by atoms with Crippen LogP contribution < -0.4 is 14.4 Å². The molecule has 0 N–H and O–H groups in total. The SMILES string of the molecule is COCCN(C(=O)Cc1cccc(F)c1)c1ccc(OC)c(OC)c1. The third-order valence-electron chi connectivity index (χ3n) is 3.74. The Morgan fingerprint density at radius 3 is 2.44 bits per heavy atom. The molecule has 0 saturated heterocycles. The Hall–Kier alpha value is -2.60. The van der Waals surface area contributed by atoms with Gasteiger partial charge in [-0.15, -0.1) is 0 Å². The van der Waals surface area contributed by atoms with Gasteiger partial charge in [0.2, 0.25) is 5.91 Å². The molecule has 0 saturated carbocycles. The van der Waals surface area contributed by atoms with Crippen molar-refractivity contribution in [2.24, 2.45) is 0 Å². The first-order valence-electron chi connectivity index (χ1n) is 7.84. The average molecular weight is 347 g/mol. The van der Waals surface area contributed by atoms with E-state index in [4.69, 9.17) is 14.2 Å². The Morgan fingerprint density at radius 2 is 1.80 bits per heavy atom. The summed E-state index contributed by atoms with van der Waals surface area (Å²) in [6.45, 7) is 0.753. The Balaban J connectivity index is 2.27. The van der Waals surface area contributed by atoms with E-state index in [9.17, 15) is 9.18 Å². The van der Waals surface area contributed by atoms with Crippen LogP contribution in [0.1, 0.15) is 5.56 Å². The lowest BCUT2D eigenvalue weighted by Gasteiger charge is -2.23. The lowest BCUT2D eigenvalue weighted by molar-refractivity contribution is -0.118. The zero-order valence-corrected chi connectivity index (χ0v) is 14.6. The highest BCUT2D eigenvalue weighted by molar-refractivity contribution is 5.95. The van der Waals surface area contributed by atoms with Crippen LogP contribution in [0.25, 0.3) is 0 Å². The van der Waals surface area contributed by atoms with Crippen LogP contribution in [0.15, 0.2) is 42.5 Å². The van der Waals surface area contributed by atoms with Gasteiger partial charge in [0.25, 0.3) is 0 Å². The van der Waals surface area contributed by atoms with Gasteiger partial charge in [-0.05, 0) is 29.8 Å². The Bertz CT molecular complexity index is 720. The molecule has 2 aromatic rings. The van der Waals surface area contributed by atoms with E-state index in [0.29, 0.717) is 35.9 Å². The summed E-state index contributed by atoms with van der Waals surface area (Å²) in [4.78, 5) is 14.4. The van der Waals surface area contributed by atoms with Gasteiger partial charge in [-0.1, -0.05) is 12.1 Å². The number of halogens is 1. The van der Waals surface area contributed by atoms with Crippen LogP contribution in [0.4, 0.5) is 10.1 Å². The van der Waals surface area contributed by atoms with Crippen molar-refractivity contribution in [1.29, 1.82) is 0 Å². The number of ether oxygens (including phenoxy) is 3. The Kier molecular flexibility index (Phi) is 6.77. The molecular weight excluding hydrogens is 325 g/mol. The number of methoxy groups -OCH3 is 3. The molecular formula is C19H22FNO4. The molecule has 6 heteroatoms. The topological polar surface area (TPSA) is 48.0 Å². The fourth-order valence-electron chi connectivity index (χ4n) is 2.49. The van der Waals surface area contributed by atoms with E-state index in [1.54, 1.807) is 49.5 Å². The van der Waals surface area contributed by atoms with Crippen LogP contribution in [0.5, 0.6) is 11.5 Å². The molecule has 0 heterocycles. The first kappa shape index (κ1) is 18.7. The van der Waals surface area contributed by atoms with Gasteiger partial charge < -0.3 is 19.1 Å². The molecule has 0 radical (unpaired) electrons. The molecule has 0 aliphatic carbocycles. The van der Waals surface area contributed by atoms with Crippen molar-refractivity contribution < 1.29 is 23.4 Å². The molecule has 5 nitrogen and oxygen atoms in total. The largest absolute Gasteiger partial charge is 0.493 e. The van der Waals surface area contributed by atoms with Crippen molar-refractivity contribution in [2.75, 3.05) is 39.4 Å². The van der Waals surface area contributed by atoms with Crippen molar-refractivity contribution in [1.82, 2.24) is 0 Å². The third kappa shape index (κ3) is 4.93. The second-order valence-corrected chi connectivity index (χ2v) is 5.38. The van der Waals surface area contributed by atoms with Crippen molar-refractivity contribution in [2.45, 2.75) is 6.42 Å². The highest BCUT2D eigenvalue weighted by Gasteiger charge is 2.18. The zero-order valence-electron chi connectivity index (χ0n) is 14.6. The molecule has 0 aliphatic rings. The number of hydrogen-bond donors (Lipinski definition) is 0. The zero-order chi connectivity index (χ0) is 18.2. The quantitative estimate of drug-likeness (QED) is 0.736. The molecule has 0 fully saturated rings. The molecule has 0 unspecified atom stereocenters. The molecule has 2 rings (SSSR count). The van der Waals surface area contributed by atoms with Crippen LogP contribution in [0.3, 0.4) is 0 Å². The highest BCUT2D eigenvalue weighted by Crippen LogP contribution is 2.31. The molecule has 25 heavy (non-hydrogen) atoms. The number of rotatable bonds is 8. The van der Waals surface area contributed by atoms with Crippen molar-refractivity contribution in [3.63, 3.8) is 0 Å². The molecule has 2 aromatic carbocycles. The van der Waals surface area contributed by atoms with Gasteiger partial charge in [0.05, 0.1) is 27.2 Å². The highest BCUT2D eigenvalue weighted by atomic mass is 19.1. The van der Waals surface area contributed by atoms with E-state index < -0.39 is 0 Å². The normalized spacial score (nSPS) is 10.4. The summed E-state index contributed by atoms with van der Waals surface area (Å²) in [6, 6.07) is 11.3. The fourth-order valence-corrected chi connectivity index (χ4v) is 2.49. The van der Waals surface area contributed by atoms with Gasteiger partial charge in [0.15, 0.2) is 11.5 Å². The first-order chi connectivity index (χ1) is 12.1. The number of anilines is 1. The van der Waals surface area contributed by atoms with Crippen LogP contribution >= 0.6 is 0 Å². The summed E-state index contributed by atoms with van der Waals surface area (Å²) in [5.74, 6) is 0.589. The van der Waals surface area contributed by atoms with Crippen LogP contribution in [0, 0.1) is 5.82 Å². The Labute approximate surface area is 146 Å². The van der Waals surface area contributed by atoms with Crippen LogP contribution in [0.2, 0.25) is 0 Å². The number of carbonyl (C=O) groups excluding carboxylic acids is 1. The second-order valence-electron chi connectivity index (χ2n) is 5.38. The van der Waals surface area contributed by atoms with Crippen molar-refractivity contribution in [3.05, 3.63) is 53.8 Å². The minimum absolute atomic E-state index is 0.0931. The third-order valence-corrected chi connectivity index (χ3v) is 3.74. The average Bonchev–Trinajstić information content (AvgIpc) is 2.61. The van der Waals surface area contributed by atoms with Crippen molar-refractivity contribution >= 4 is 11.6 Å². The summed E-state index contributed by atoms with van der Waals surface area (Å²) in [7, 11) is 4.66. The number of benzene rings is 2. The van der Waals surface area contributed by atoms with Crippen molar-refractivity contribution in [3.8, 4) is 11.5 Å². The lowest BCUT2D eigenvalue weighted by atomic mass is 10.1. The maximum absolute atomic E-state index is 13.4. The number of carbonyl (C=O) groups is 1. The minimum Gasteiger partial charge on any atom is -0.493 e. The van der Waals surface area contributed by atoms with Gasteiger partial charge in [-0.25, -0.2) is 4.39 Å². The lowest BCUT2D eigenvalue weighted by Crippen LogP contribution is -2.35. The van der Waals surface area contributed by atoms with Gasteiger partial charge >= 0.3 is 0 Å². The van der Waals surface area contributed by atoms with Gasteiger partial charge in [0, 0.05) is 25.4 Å². The second kappa shape index (κ2) is 9.03. The smallest absolute Gasteiger partial charge is 0.231 e. The van der Waals surface area contributed by atoms with E-state index in [0.717, 1.165) is 0 Å². The molecule has 134 valence electrons. The molecule has 0 aliphatic heterocycles. The molecule has 1 amide bonds. The minimum atomic E-state index is -0.361. The van der Waals surface area contributed by atoms with Gasteiger partial charge in [0.1, 0.15) is 5.82 Å². The number of amides is 1. The van der Waals surface area contributed by atoms with E-state index in [2.05, 4.69) is 0 Å². The fraction of sp³-hybridized carbons (Fsp3) is 0.316. The number of hydrogen-bond acceptors (Lipinski definition) is 4. The Morgan fingerprint density at radius 1 is 1.04 bits per heavy atom. The van der Waals surface area contributed by atoms with E-state index in [-0.39, 0.29) is 18.1 Å². The summed E-state index contributed by atoms with van der Waals surface area (Å²) in [6.07, 6.45) is 0.0931. The monoisotopic (exact) mass is 347 g/mol.